The Morgan fingerprint density at radius 1 is 1.08 bits per heavy atom. The molecule has 1 aliphatic heterocycles. The van der Waals surface area contributed by atoms with Crippen LogP contribution in [0, 0.1) is 5.92 Å². The van der Waals surface area contributed by atoms with Crippen LogP contribution in [-0.2, 0) is 6.54 Å². The Morgan fingerprint density at radius 2 is 1.85 bits per heavy atom. The SMILES string of the molecule is O=C(c1ccc(-c2ccccc2)cc1)C1CCCN(Cc2cnc[nH]2)C1. The van der Waals surface area contributed by atoms with Crippen LogP contribution in [0.1, 0.15) is 28.9 Å². The summed E-state index contributed by atoms with van der Waals surface area (Å²) >= 11 is 0. The Kier molecular flexibility index (Phi) is 4.93. The number of rotatable bonds is 5. The van der Waals surface area contributed by atoms with Gasteiger partial charge in [0.2, 0.25) is 0 Å². The van der Waals surface area contributed by atoms with E-state index < -0.39 is 0 Å². The van der Waals surface area contributed by atoms with E-state index in [9.17, 15) is 4.79 Å². The Hall–Kier alpha value is -2.72. The van der Waals surface area contributed by atoms with Gasteiger partial charge in [0, 0.05) is 36.5 Å². The molecule has 2 heterocycles. The Morgan fingerprint density at radius 3 is 2.58 bits per heavy atom. The second-order valence-corrected chi connectivity index (χ2v) is 6.96. The first kappa shape index (κ1) is 16.7. The largest absolute Gasteiger partial charge is 0.347 e. The fourth-order valence-corrected chi connectivity index (χ4v) is 3.72. The summed E-state index contributed by atoms with van der Waals surface area (Å²) in [6, 6.07) is 18.3. The maximum atomic E-state index is 12.9. The smallest absolute Gasteiger partial charge is 0.167 e. The van der Waals surface area contributed by atoms with Gasteiger partial charge in [-0.25, -0.2) is 4.98 Å². The summed E-state index contributed by atoms with van der Waals surface area (Å²) in [6.07, 6.45) is 5.59. The third-order valence-corrected chi connectivity index (χ3v) is 5.10. The van der Waals surface area contributed by atoms with Crippen LogP contribution in [0.5, 0.6) is 0 Å². The molecule has 0 radical (unpaired) electrons. The van der Waals surface area contributed by atoms with Crippen LogP contribution in [0.2, 0.25) is 0 Å². The number of H-pyrrole nitrogens is 1. The standard InChI is InChI=1S/C22H23N3O/c26-22(19-10-8-18(9-11-19)17-5-2-1-3-6-17)20-7-4-12-25(14-20)15-21-13-23-16-24-21/h1-3,5-6,8-11,13,16,20H,4,7,12,14-15H2,(H,23,24). The molecule has 0 amide bonds. The highest BCUT2D eigenvalue weighted by molar-refractivity contribution is 5.98. The van der Waals surface area contributed by atoms with Crippen LogP contribution >= 0.6 is 0 Å². The van der Waals surface area contributed by atoms with Crippen molar-refractivity contribution >= 4 is 5.78 Å². The van der Waals surface area contributed by atoms with Crippen LogP contribution < -0.4 is 0 Å². The van der Waals surface area contributed by atoms with Crippen molar-refractivity contribution in [3.05, 3.63) is 78.4 Å². The molecule has 1 aromatic heterocycles. The number of imidazole rings is 1. The van der Waals surface area contributed by atoms with Gasteiger partial charge in [-0.2, -0.15) is 0 Å². The van der Waals surface area contributed by atoms with E-state index in [2.05, 4.69) is 27.0 Å². The zero-order valence-corrected chi connectivity index (χ0v) is 14.8. The topological polar surface area (TPSA) is 49.0 Å². The lowest BCUT2D eigenvalue weighted by atomic mass is 9.89. The molecule has 4 heteroatoms. The van der Waals surface area contributed by atoms with Crippen molar-refractivity contribution in [2.75, 3.05) is 13.1 Å². The highest BCUT2D eigenvalue weighted by atomic mass is 16.1. The van der Waals surface area contributed by atoms with Crippen molar-refractivity contribution in [3.63, 3.8) is 0 Å². The highest BCUT2D eigenvalue weighted by Gasteiger charge is 2.26. The molecule has 1 aliphatic rings. The van der Waals surface area contributed by atoms with Crippen molar-refractivity contribution in [3.8, 4) is 11.1 Å². The van der Waals surface area contributed by atoms with Crippen molar-refractivity contribution < 1.29 is 4.79 Å². The van der Waals surface area contributed by atoms with Crippen LogP contribution in [0.15, 0.2) is 67.1 Å². The van der Waals surface area contributed by atoms with Gasteiger partial charge in [-0.05, 0) is 30.5 Å². The molecular formula is C22H23N3O. The molecule has 0 aliphatic carbocycles. The Labute approximate surface area is 153 Å². The molecule has 1 unspecified atom stereocenters. The van der Waals surface area contributed by atoms with Crippen LogP contribution in [0.4, 0.5) is 0 Å². The Balaban J connectivity index is 1.43. The molecular weight excluding hydrogens is 322 g/mol. The minimum Gasteiger partial charge on any atom is -0.347 e. The Bertz CT molecular complexity index is 841. The van der Waals surface area contributed by atoms with E-state index in [0.717, 1.165) is 49.3 Å². The minimum absolute atomic E-state index is 0.0780. The average molecular weight is 345 g/mol. The number of nitrogens with zero attached hydrogens (tertiary/aromatic N) is 2. The van der Waals surface area contributed by atoms with Crippen LogP contribution in [0.25, 0.3) is 11.1 Å². The first-order chi connectivity index (χ1) is 12.8. The maximum Gasteiger partial charge on any atom is 0.167 e. The number of hydrogen-bond donors (Lipinski definition) is 1. The molecule has 1 atom stereocenters. The summed E-state index contributed by atoms with van der Waals surface area (Å²) < 4.78 is 0. The van der Waals surface area contributed by atoms with E-state index in [1.807, 2.05) is 48.7 Å². The number of nitrogens with one attached hydrogen (secondary N) is 1. The predicted molar refractivity (Wildman–Crippen MR) is 103 cm³/mol. The molecule has 4 nitrogen and oxygen atoms in total. The molecule has 26 heavy (non-hydrogen) atoms. The minimum atomic E-state index is 0.0780. The van der Waals surface area contributed by atoms with Gasteiger partial charge in [0.1, 0.15) is 0 Å². The number of Topliss-reactive ketones (excluding diaryl/α,β-unsaturated/α-hetero) is 1. The first-order valence-corrected chi connectivity index (χ1v) is 9.19. The quantitative estimate of drug-likeness (QED) is 0.706. The first-order valence-electron chi connectivity index (χ1n) is 9.19. The summed E-state index contributed by atoms with van der Waals surface area (Å²) in [5.74, 6) is 0.341. The number of carbonyl (C=O) groups excluding carboxylic acids is 1. The third-order valence-electron chi connectivity index (χ3n) is 5.10. The number of carbonyl (C=O) groups is 1. The zero-order chi connectivity index (χ0) is 17.8. The van der Waals surface area contributed by atoms with E-state index in [4.69, 9.17) is 0 Å². The van der Waals surface area contributed by atoms with Crippen molar-refractivity contribution in [2.45, 2.75) is 19.4 Å². The number of hydrogen-bond acceptors (Lipinski definition) is 3. The van der Waals surface area contributed by atoms with Gasteiger partial charge in [0.05, 0.1) is 6.33 Å². The molecule has 132 valence electrons. The highest BCUT2D eigenvalue weighted by Crippen LogP contribution is 2.24. The molecule has 2 aromatic carbocycles. The van der Waals surface area contributed by atoms with E-state index in [1.165, 1.54) is 5.56 Å². The number of likely N-dealkylation sites (tertiary alicyclic amines) is 1. The molecule has 4 rings (SSSR count). The van der Waals surface area contributed by atoms with Gasteiger partial charge in [0.25, 0.3) is 0 Å². The summed E-state index contributed by atoms with van der Waals surface area (Å²) in [7, 11) is 0. The van der Waals surface area contributed by atoms with Crippen LogP contribution in [0.3, 0.4) is 0 Å². The zero-order valence-electron chi connectivity index (χ0n) is 14.8. The van der Waals surface area contributed by atoms with Crippen LogP contribution in [-0.4, -0.2) is 33.7 Å². The lowest BCUT2D eigenvalue weighted by Gasteiger charge is -2.31. The fourth-order valence-electron chi connectivity index (χ4n) is 3.72. The van der Waals surface area contributed by atoms with Gasteiger partial charge in [0.15, 0.2) is 5.78 Å². The molecule has 0 bridgehead atoms. The molecule has 1 fully saturated rings. The number of benzene rings is 2. The summed E-state index contributed by atoms with van der Waals surface area (Å²) in [6.45, 7) is 2.69. The molecule has 1 N–H and O–H groups in total. The molecule has 3 aromatic rings. The van der Waals surface area contributed by atoms with Crippen molar-refractivity contribution in [1.29, 1.82) is 0 Å². The number of piperidine rings is 1. The van der Waals surface area contributed by atoms with Gasteiger partial charge in [-0.1, -0.05) is 54.6 Å². The van der Waals surface area contributed by atoms with E-state index in [-0.39, 0.29) is 11.7 Å². The van der Waals surface area contributed by atoms with Crippen molar-refractivity contribution in [1.82, 2.24) is 14.9 Å². The lowest BCUT2D eigenvalue weighted by molar-refractivity contribution is 0.0810. The second kappa shape index (κ2) is 7.67. The second-order valence-electron chi connectivity index (χ2n) is 6.96. The van der Waals surface area contributed by atoms with Gasteiger partial charge >= 0.3 is 0 Å². The third kappa shape index (κ3) is 3.75. The monoisotopic (exact) mass is 345 g/mol. The van der Waals surface area contributed by atoms with Gasteiger partial charge in [-0.15, -0.1) is 0 Å². The van der Waals surface area contributed by atoms with E-state index in [1.54, 1.807) is 6.33 Å². The summed E-state index contributed by atoms with van der Waals surface area (Å²) in [4.78, 5) is 22.5. The maximum absolute atomic E-state index is 12.9. The van der Waals surface area contributed by atoms with E-state index >= 15 is 0 Å². The predicted octanol–water partition coefficient (Wildman–Crippen LogP) is 4.17. The molecule has 0 saturated carbocycles. The molecule has 1 saturated heterocycles. The number of aromatic nitrogens is 2. The number of aromatic amines is 1. The van der Waals surface area contributed by atoms with Gasteiger partial charge < -0.3 is 4.98 Å². The normalized spacial score (nSPS) is 17.9. The lowest BCUT2D eigenvalue weighted by Crippen LogP contribution is -2.38. The average Bonchev–Trinajstić information content (AvgIpc) is 3.21. The summed E-state index contributed by atoms with van der Waals surface area (Å²) in [5.41, 5.74) is 4.24. The van der Waals surface area contributed by atoms with E-state index in [0.29, 0.717) is 0 Å². The number of ketones is 1. The van der Waals surface area contributed by atoms with Crippen molar-refractivity contribution in [2.24, 2.45) is 5.92 Å². The van der Waals surface area contributed by atoms with Gasteiger partial charge in [-0.3, -0.25) is 9.69 Å². The molecule has 0 spiro atoms. The fraction of sp³-hybridized carbons (Fsp3) is 0.273. The summed E-state index contributed by atoms with van der Waals surface area (Å²) in [5, 5.41) is 0.